The Balaban J connectivity index is 1.46. The number of anilines is 4. The van der Waals surface area contributed by atoms with Crippen LogP contribution in [0.25, 0.3) is 10.9 Å². The van der Waals surface area contributed by atoms with E-state index in [9.17, 15) is 0 Å². The molecule has 0 saturated heterocycles. The average Bonchev–Trinajstić information content (AvgIpc) is 3.11. The Morgan fingerprint density at radius 3 is 2.83 bits per heavy atom. The third-order valence-corrected chi connectivity index (χ3v) is 4.67. The molecule has 2 aromatic heterocycles. The quantitative estimate of drug-likeness (QED) is 0.298. The summed E-state index contributed by atoms with van der Waals surface area (Å²) in [5.74, 6) is 1.27. The predicted molar refractivity (Wildman–Crippen MR) is 120 cm³/mol. The van der Waals surface area contributed by atoms with Crippen molar-refractivity contribution < 1.29 is 0 Å². The SMILES string of the molecule is CNc1ccc(CNc2nccc(Nc3ccc4[nH]c(C)cc4c3)n2)cc1C=N. The average molecular weight is 385 g/mol. The van der Waals surface area contributed by atoms with Gasteiger partial charge in [-0.15, -0.1) is 0 Å². The summed E-state index contributed by atoms with van der Waals surface area (Å²) in [5.41, 5.74) is 6.06. The summed E-state index contributed by atoms with van der Waals surface area (Å²) in [4.78, 5) is 12.2. The van der Waals surface area contributed by atoms with Crippen LogP contribution in [0.15, 0.2) is 54.7 Å². The fraction of sp³-hybridized carbons (Fsp3) is 0.136. The van der Waals surface area contributed by atoms with E-state index in [2.05, 4.69) is 49.1 Å². The minimum absolute atomic E-state index is 0.544. The van der Waals surface area contributed by atoms with E-state index in [0.717, 1.165) is 44.9 Å². The Hall–Kier alpha value is -3.87. The zero-order chi connectivity index (χ0) is 20.2. The molecule has 0 unspecified atom stereocenters. The van der Waals surface area contributed by atoms with E-state index in [-0.39, 0.29) is 0 Å². The van der Waals surface area contributed by atoms with Crippen LogP contribution in [-0.2, 0) is 6.54 Å². The van der Waals surface area contributed by atoms with Gasteiger partial charge in [-0.2, -0.15) is 4.98 Å². The Bertz CT molecular complexity index is 1160. The molecule has 0 spiro atoms. The Labute approximate surface area is 169 Å². The zero-order valence-corrected chi connectivity index (χ0v) is 16.4. The maximum absolute atomic E-state index is 7.55. The van der Waals surface area contributed by atoms with Crippen molar-refractivity contribution in [1.82, 2.24) is 15.0 Å². The molecule has 2 aromatic carbocycles. The Kier molecular flexibility index (Phi) is 5.11. The first kappa shape index (κ1) is 18.5. The summed E-state index contributed by atoms with van der Waals surface area (Å²) in [6.45, 7) is 2.62. The molecule has 7 nitrogen and oxygen atoms in total. The first-order chi connectivity index (χ1) is 14.1. The highest BCUT2D eigenvalue weighted by atomic mass is 15.1. The van der Waals surface area contributed by atoms with Gasteiger partial charge in [0.1, 0.15) is 5.82 Å². The molecule has 4 rings (SSSR count). The molecule has 7 heteroatoms. The predicted octanol–water partition coefficient (Wildman–Crippen LogP) is 4.66. The van der Waals surface area contributed by atoms with Crippen LogP contribution >= 0.6 is 0 Å². The van der Waals surface area contributed by atoms with E-state index in [1.807, 2.05) is 44.3 Å². The second kappa shape index (κ2) is 8.02. The summed E-state index contributed by atoms with van der Waals surface area (Å²) in [7, 11) is 1.85. The molecule has 0 aliphatic carbocycles. The van der Waals surface area contributed by atoms with Crippen molar-refractivity contribution in [2.24, 2.45) is 0 Å². The van der Waals surface area contributed by atoms with E-state index in [0.29, 0.717) is 12.5 Å². The van der Waals surface area contributed by atoms with Crippen LogP contribution in [-0.4, -0.2) is 28.2 Å². The summed E-state index contributed by atoms with van der Waals surface area (Å²) >= 11 is 0. The second-order valence-electron chi connectivity index (χ2n) is 6.81. The van der Waals surface area contributed by atoms with Crippen LogP contribution in [0.2, 0.25) is 0 Å². The first-order valence-corrected chi connectivity index (χ1v) is 9.39. The molecular formula is C22H23N7. The number of fused-ring (bicyclic) bond motifs is 1. The van der Waals surface area contributed by atoms with Gasteiger partial charge in [0, 0.05) is 59.5 Å². The van der Waals surface area contributed by atoms with E-state index < -0.39 is 0 Å². The van der Waals surface area contributed by atoms with E-state index in [1.165, 1.54) is 6.21 Å². The maximum Gasteiger partial charge on any atom is 0.224 e. The lowest BCUT2D eigenvalue weighted by Gasteiger charge is -2.10. The van der Waals surface area contributed by atoms with E-state index in [4.69, 9.17) is 5.41 Å². The number of nitrogens with one attached hydrogen (secondary N) is 5. The van der Waals surface area contributed by atoms with Crippen molar-refractivity contribution in [3.63, 3.8) is 0 Å². The smallest absolute Gasteiger partial charge is 0.224 e. The minimum atomic E-state index is 0.544. The molecule has 0 saturated carbocycles. The molecule has 0 aliphatic heterocycles. The number of benzene rings is 2. The highest BCUT2D eigenvalue weighted by Crippen LogP contribution is 2.22. The molecule has 0 aliphatic rings. The number of hydrogen-bond acceptors (Lipinski definition) is 6. The molecule has 0 bridgehead atoms. The van der Waals surface area contributed by atoms with E-state index >= 15 is 0 Å². The monoisotopic (exact) mass is 385 g/mol. The van der Waals surface area contributed by atoms with Crippen molar-refractivity contribution >= 4 is 40.3 Å². The zero-order valence-electron chi connectivity index (χ0n) is 16.4. The van der Waals surface area contributed by atoms with Gasteiger partial charge in [-0.3, -0.25) is 0 Å². The van der Waals surface area contributed by atoms with Gasteiger partial charge < -0.3 is 26.3 Å². The Morgan fingerprint density at radius 1 is 1.10 bits per heavy atom. The molecule has 29 heavy (non-hydrogen) atoms. The number of nitrogens with zero attached hydrogens (tertiary/aromatic N) is 2. The van der Waals surface area contributed by atoms with Gasteiger partial charge in [0.15, 0.2) is 0 Å². The van der Waals surface area contributed by atoms with E-state index in [1.54, 1.807) is 6.20 Å². The van der Waals surface area contributed by atoms with Gasteiger partial charge in [0.2, 0.25) is 5.95 Å². The largest absolute Gasteiger partial charge is 0.388 e. The van der Waals surface area contributed by atoms with Gasteiger partial charge >= 0.3 is 0 Å². The van der Waals surface area contributed by atoms with Crippen LogP contribution in [0.1, 0.15) is 16.8 Å². The first-order valence-electron chi connectivity index (χ1n) is 9.39. The van der Waals surface area contributed by atoms with Crippen LogP contribution in [0.5, 0.6) is 0 Å². The van der Waals surface area contributed by atoms with Crippen LogP contribution in [0.3, 0.4) is 0 Å². The molecule has 5 N–H and O–H groups in total. The molecular weight excluding hydrogens is 362 g/mol. The molecule has 0 radical (unpaired) electrons. The third-order valence-electron chi connectivity index (χ3n) is 4.67. The number of rotatable bonds is 7. The molecule has 0 atom stereocenters. The van der Waals surface area contributed by atoms with Crippen LogP contribution < -0.4 is 16.0 Å². The van der Waals surface area contributed by atoms with Crippen molar-refractivity contribution in [1.29, 1.82) is 5.41 Å². The molecule has 0 fully saturated rings. The van der Waals surface area contributed by atoms with Crippen molar-refractivity contribution in [2.75, 3.05) is 23.0 Å². The highest BCUT2D eigenvalue weighted by molar-refractivity contribution is 5.86. The maximum atomic E-state index is 7.55. The number of aromatic amines is 1. The number of hydrogen-bond donors (Lipinski definition) is 5. The normalized spacial score (nSPS) is 10.7. The molecule has 2 heterocycles. The van der Waals surface area contributed by atoms with Crippen molar-refractivity contribution in [3.05, 3.63) is 71.5 Å². The van der Waals surface area contributed by atoms with Crippen LogP contribution in [0, 0.1) is 12.3 Å². The minimum Gasteiger partial charge on any atom is -0.388 e. The number of aryl methyl sites for hydroxylation is 1. The second-order valence-corrected chi connectivity index (χ2v) is 6.81. The van der Waals surface area contributed by atoms with Crippen molar-refractivity contribution in [2.45, 2.75) is 13.5 Å². The van der Waals surface area contributed by atoms with Gasteiger partial charge in [0.05, 0.1) is 0 Å². The van der Waals surface area contributed by atoms with Crippen LogP contribution in [0.4, 0.5) is 23.1 Å². The topological polar surface area (TPSA) is 102 Å². The lowest BCUT2D eigenvalue weighted by atomic mass is 10.1. The highest BCUT2D eigenvalue weighted by Gasteiger charge is 2.04. The van der Waals surface area contributed by atoms with Crippen molar-refractivity contribution in [3.8, 4) is 0 Å². The third kappa shape index (κ3) is 4.19. The van der Waals surface area contributed by atoms with Gasteiger partial charge in [0.25, 0.3) is 0 Å². The lowest BCUT2D eigenvalue weighted by Crippen LogP contribution is -2.06. The Morgan fingerprint density at radius 2 is 2.00 bits per heavy atom. The number of aromatic nitrogens is 3. The standard InChI is InChI=1S/C22H23N7/c1-14-9-16-11-18(4-6-20(16)27-14)28-21-7-8-25-22(29-21)26-13-15-3-5-19(24-2)17(10-15)12-23/h3-12,23-24,27H,13H2,1-2H3,(H2,25,26,28,29). The van der Waals surface area contributed by atoms with Gasteiger partial charge in [-0.25, -0.2) is 4.98 Å². The molecule has 0 amide bonds. The lowest BCUT2D eigenvalue weighted by molar-refractivity contribution is 1.06. The fourth-order valence-electron chi connectivity index (χ4n) is 3.27. The summed E-state index contributed by atoms with van der Waals surface area (Å²) in [6, 6.07) is 16.1. The summed E-state index contributed by atoms with van der Waals surface area (Å²) in [5, 5.41) is 18.4. The molecule has 146 valence electrons. The molecule has 4 aromatic rings. The van der Waals surface area contributed by atoms with Gasteiger partial charge in [-0.05, 0) is 55.0 Å². The summed E-state index contributed by atoms with van der Waals surface area (Å²) in [6.07, 6.45) is 3.07. The fourth-order valence-corrected chi connectivity index (χ4v) is 3.27. The van der Waals surface area contributed by atoms with Gasteiger partial charge in [-0.1, -0.05) is 6.07 Å². The number of H-pyrrole nitrogens is 1. The summed E-state index contributed by atoms with van der Waals surface area (Å²) < 4.78 is 0.